The average Bonchev–Trinajstić information content (AvgIpc) is 3.02. The van der Waals surface area contributed by atoms with Crippen LogP contribution in [0.1, 0.15) is 39.2 Å². The summed E-state index contributed by atoms with van der Waals surface area (Å²) in [4.78, 5) is 2.64. The first-order valence-corrected chi connectivity index (χ1v) is 8.19. The molecule has 21 heavy (non-hydrogen) atoms. The van der Waals surface area contributed by atoms with Gasteiger partial charge in [0.2, 0.25) is 0 Å². The molecule has 0 radical (unpaired) electrons. The molecule has 1 fully saturated rings. The molecule has 1 atom stereocenters. The van der Waals surface area contributed by atoms with E-state index in [4.69, 9.17) is 4.74 Å². The standard InChI is InChI=1S/C18H30N2O/c1-5-19-17(18(2,3)20-11-6-7-12-20)14-15-9-8-10-16(13-15)21-4/h8-10,13,17,19H,5-7,11-12,14H2,1-4H3. The van der Waals surface area contributed by atoms with Crippen molar-refractivity contribution in [2.45, 2.75) is 51.6 Å². The average molecular weight is 290 g/mol. The maximum atomic E-state index is 5.35. The number of methoxy groups -OCH3 is 1. The Morgan fingerprint density at radius 1 is 1.29 bits per heavy atom. The molecule has 0 aliphatic carbocycles. The van der Waals surface area contributed by atoms with Crippen LogP contribution in [0.25, 0.3) is 0 Å². The molecule has 1 saturated heterocycles. The van der Waals surface area contributed by atoms with Crippen molar-refractivity contribution in [1.29, 1.82) is 0 Å². The summed E-state index contributed by atoms with van der Waals surface area (Å²) in [6.45, 7) is 10.4. The van der Waals surface area contributed by atoms with E-state index in [1.807, 2.05) is 6.07 Å². The van der Waals surface area contributed by atoms with Gasteiger partial charge >= 0.3 is 0 Å². The smallest absolute Gasteiger partial charge is 0.119 e. The largest absolute Gasteiger partial charge is 0.497 e. The van der Waals surface area contributed by atoms with Crippen LogP contribution in [0, 0.1) is 0 Å². The Bertz CT molecular complexity index is 439. The van der Waals surface area contributed by atoms with Gasteiger partial charge in [-0.2, -0.15) is 0 Å². The van der Waals surface area contributed by atoms with Gasteiger partial charge in [-0.25, -0.2) is 0 Å². The summed E-state index contributed by atoms with van der Waals surface area (Å²) in [6, 6.07) is 8.90. The lowest BCUT2D eigenvalue weighted by molar-refractivity contribution is 0.107. The minimum Gasteiger partial charge on any atom is -0.497 e. The Morgan fingerprint density at radius 2 is 2.00 bits per heavy atom. The minimum atomic E-state index is 0.176. The van der Waals surface area contributed by atoms with Crippen LogP contribution >= 0.6 is 0 Å². The first-order chi connectivity index (χ1) is 10.1. The van der Waals surface area contributed by atoms with E-state index >= 15 is 0 Å². The van der Waals surface area contributed by atoms with Crippen LogP contribution in [0.15, 0.2) is 24.3 Å². The number of benzene rings is 1. The Labute approximate surface area is 129 Å². The molecule has 0 amide bonds. The summed E-state index contributed by atoms with van der Waals surface area (Å²) in [5.41, 5.74) is 1.52. The fourth-order valence-corrected chi connectivity index (χ4v) is 3.37. The highest BCUT2D eigenvalue weighted by molar-refractivity contribution is 5.29. The molecule has 0 spiro atoms. The van der Waals surface area contributed by atoms with E-state index in [0.29, 0.717) is 6.04 Å². The molecule has 1 unspecified atom stereocenters. The van der Waals surface area contributed by atoms with Crippen LogP contribution in [0.3, 0.4) is 0 Å². The first-order valence-electron chi connectivity index (χ1n) is 8.19. The van der Waals surface area contributed by atoms with Gasteiger partial charge in [0.25, 0.3) is 0 Å². The SMILES string of the molecule is CCNC(Cc1cccc(OC)c1)C(C)(C)N1CCCC1. The van der Waals surface area contributed by atoms with E-state index in [9.17, 15) is 0 Å². The summed E-state index contributed by atoms with van der Waals surface area (Å²) >= 11 is 0. The molecule has 1 aromatic carbocycles. The molecule has 0 saturated carbocycles. The van der Waals surface area contributed by atoms with Crippen molar-refractivity contribution in [2.24, 2.45) is 0 Å². The molecule has 1 aromatic rings. The summed E-state index contributed by atoms with van der Waals surface area (Å²) in [6.07, 6.45) is 3.71. The molecular weight excluding hydrogens is 260 g/mol. The van der Waals surface area contributed by atoms with Gasteiger partial charge in [0, 0.05) is 11.6 Å². The second-order valence-corrected chi connectivity index (χ2v) is 6.51. The van der Waals surface area contributed by atoms with E-state index in [0.717, 1.165) is 18.7 Å². The third kappa shape index (κ3) is 3.98. The molecule has 2 rings (SSSR count). The van der Waals surface area contributed by atoms with Crippen molar-refractivity contribution >= 4 is 0 Å². The van der Waals surface area contributed by atoms with Gasteiger partial charge in [-0.3, -0.25) is 4.90 Å². The van der Waals surface area contributed by atoms with Crippen molar-refractivity contribution < 1.29 is 4.74 Å². The summed E-state index contributed by atoms with van der Waals surface area (Å²) in [5, 5.41) is 3.70. The molecular formula is C18H30N2O. The fourth-order valence-electron chi connectivity index (χ4n) is 3.37. The van der Waals surface area contributed by atoms with Crippen molar-refractivity contribution in [3.63, 3.8) is 0 Å². The van der Waals surface area contributed by atoms with Gasteiger partial charge in [-0.1, -0.05) is 19.1 Å². The summed E-state index contributed by atoms with van der Waals surface area (Å²) in [5.74, 6) is 0.946. The number of hydrogen-bond acceptors (Lipinski definition) is 3. The predicted octanol–water partition coefficient (Wildman–Crippen LogP) is 3.09. The monoisotopic (exact) mass is 290 g/mol. The second-order valence-electron chi connectivity index (χ2n) is 6.51. The van der Waals surface area contributed by atoms with Crippen LogP contribution in [0.5, 0.6) is 5.75 Å². The highest BCUT2D eigenvalue weighted by Crippen LogP contribution is 2.27. The molecule has 1 aliphatic rings. The van der Waals surface area contributed by atoms with Crippen molar-refractivity contribution in [3.8, 4) is 5.75 Å². The number of likely N-dealkylation sites (N-methyl/N-ethyl adjacent to an activating group) is 1. The fraction of sp³-hybridized carbons (Fsp3) is 0.667. The zero-order valence-corrected chi connectivity index (χ0v) is 14.0. The molecule has 0 aromatic heterocycles. The third-order valence-electron chi connectivity index (χ3n) is 4.80. The van der Waals surface area contributed by atoms with Crippen LogP contribution in [-0.2, 0) is 6.42 Å². The Hall–Kier alpha value is -1.06. The number of nitrogens with zero attached hydrogens (tertiary/aromatic N) is 1. The van der Waals surface area contributed by atoms with E-state index in [1.54, 1.807) is 7.11 Å². The van der Waals surface area contributed by atoms with E-state index in [2.05, 4.69) is 49.2 Å². The van der Waals surface area contributed by atoms with Gasteiger partial charge in [-0.05, 0) is 70.4 Å². The van der Waals surface area contributed by atoms with Gasteiger partial charge in [-0.15, -0.1) is 0 Å². The normalized spacial score (nSPS) is 17.9. The molecule has 118 valence electrons. The lowest BCUT2D eigenvalue weighted by Crippen LogP contribution is -2.57. The Morgan fingerprint density at radius 3 is 2.62 bits per heavy atom. The Balaban J connectivity index is 2.13. The maximum absolute atomic E-state index is 5.35. The summed E-state index contributed by atoms with van der Waals surface area (Å²) in [7, 11) is 1.73. The molecule has 1 aliphatic heterocycles. The zero-order valence-electron chi connectivity index (χ0n) is 14.0. The molecule has 3 nitrogen and oxygen atoms in total. The molecule has 1 N–H and O–H groups in total. The van der Waals surface area contributed by atoms with Crippen molar-refractivity contribution in [1.82, 2.24) is 10.2 Å². The highest BCUT2D eigenvalue weighted by atomic mass is 16.5. The third-order valence-corrected chi connectivity index (χ3v) is 4.80. The van der Waals surface area contributed by atoms with Gasteiger partial charge < -0.3 is 10.1 Å². The first kappa shape index (κ1) is 16.3. The van der Waals surface area contributed by atoms with E-state index in [-0.39, 0.29) is 5.54 Å². The maximum Gasteiger partial charge on any atom is 0.119 e. The van der Waals surface area contributed by atoms with E-state index < -0.39 is 0 Å². The second kappa shape index (κ2) is 7.28. The van der Waals surface area contributed by atoms with E-state index in [1.165, 1.54) is 31.5 Å². The predicted molar refractivity (Wildman–Crippen MR) is 89.0 cm³/mol. The molecule has 1 heterocycles. The number of likely N-dealkylation sites (tertiary alicyclic amines) is 1. The highest BCUT2D eigenvalue weighted by Gasteiger charge is 2.36. The van der Waals surface area contributed by atoms with Crippen molar-refractivity contribution in [3.05, 3.63) is 29.8 Å². The molecule has 0 bridgehead atoms. The lowest BCUT2D eigenvalue weighted by Gasteiger charge is -2.42. The van der Waals surface area contributed by atoms with Gasteiger partial charge in [0.05, 0.1) is 7.11 Å². The molecule has 3 heteroatoms. The topological polar surface area (TPSA) is 24.5 Å². The number of ether oxygens (including phenoxy) is 1. The quantitative estimate of drug-likeness (QED) is 0.835. The van der Waals surface area contributed by atoms with Crippen LogP contribution in [0.2, 0.25) is 0 Å². The number of nitrogens with one attached hydrogen (secondary N) is 1. The van der Waals surface area contributed by atoms with Crippen LogP contribution in [0.4, 0.5) is 0 Å². The van der Waals surface area contributed by atoms with Crippen LogP contribution < -0.4 is 10.1 Å². The van der Waals surface area contributed by atoms with Gasteiger partial charge in [0.15, 0.2) is 0 Å². The lowest BCUT2D eigenvalue weighted by atomic mass is 9.87. The van der Waals surface area contributed by atoms with Gasteiger partial charge in [0.1, 0.15) is 5.75 Å². The number of hydrogen-bond donors (Lipinski definition) is 1. The summed E-state index contributed by atoms with van der Waals surface area (Å²) < 4.78 is 5.35. The Kier molecular flexibility index (Phi) is 5.65. The van der Waals surface area contributed by atoms with Crippen molar-refractivity contribution in [2.75, 3.05) is 26.7 Å². The minimum absolute atomic E-state index is 0.176. The zero-order chi connectivity index (χ0) is 15.3. The number of rotatable bonds is 7. The van der Waals surface area contributed by atoms with Crippen LogP contribution in [-0.4, -0.2) is 43.2 Å².